The number of nitrogens with one attached hydrogen (secondary N) is 1. The van der Waals surface area contributed by atoms with E-state index in [-0.39, 0.29) is 11.7 Å². The first-order chi connectivity index (χ1) is 12.1. The fourth-order valence-electron chi connectivity index (χ4n) is 2.39. The van der Waals surface area contributed by atoms with Gasteiger partial charge in [-0.3, -0.25) is 4.79 Å². The van der Waals surface area contributed by atoms with Gasteiger partial charge in [-0.2, -0.15) is 0 Å². The average molecular weight is 357 g/mol. The SMILES string of the molecule is Cc1ccccc1CCNC(=O)CSc1nnc(-c2ccoc2C)o1. The maximum atomic E-state index is 11.9. The Bertz CT molecular complexity index is 857. The molecule has 0 atom stereocenters. The van der Waals surface area contributed by atoms with Crippen LogP contribution in [0.4, 0.5) is 0 Å². The molecular formula is C18H19N3O3S. The molecule has 6 nitrogen and oxygen atoms in total. The zero-order valence-corrected chi connectivity index (χ0v) is 14.9. The van der Waals surface area contributed by atoms with Crippen LogP contribution in [0.1, 0.15) is 16.9 Å². The van der Waals surface area contributed by atoms with Gasteiger partial charge in [0.2, 0.25) is 5.91 Å². The quantitative estimate of drug-likeness (QED) is 0.653. The number of thioether (sulfide) groups is 1. The smallest absolute Gasteiger partial charge is 0.277 e. The maximum absolute atomic E-state index is 11.9. The van der Waals surface area contributed by atoms with Crippen molar-refractivity contribution in [2.75, 3.05) is 12.3 Å². The minimum Gasteiger partial charge on any atom is -0.469 e. The number of hydrogen-bond donors (Lipinski definition) is 1. The molecule has 0 saturated heterocycles. The highest BCUT2D eigenvalue weighted by Gasteiger charge is 2.14. The van der Waals surface area contributed by atoms with Gasteiger partial charge in [-0.25, -0.2) is 0 Å². The van der Waals surface area contributed by atoms with Crippen LogP contribution in [0.15, 0.2) is 50.7 Å². The van der Waals surface area contributed by atoms with Crippen molar-refractivity contribution >= 4 is 17.7 Å². The number of carbonyl (C=O) groups is 1. The molecule has 2 heterocycles. The molecular weight excluding hydrogens is 338 g/mol. The number of benzene rings is 1. The summed E-state index contributed by atoms with van der Waals surface area (Å²) in [7, 11) is 0. The van der Waals surface area contributed by atoms with E-state index >= 15 is 0 Å². The first-order valence-electron chi connectivity index (χ1n) is 7.95. The largest absolute Gasteiger partial charge is 0.469 e. The predicted octanol–water partition coefficient (Wildman–Crippen LogP) is 3.40. The number of aryl methyl sites for hydroxylation is 2. The Morgan fingerprint density at radius 1 is 1.20 bits per heavy atom. The molecule has 0 fully saturated rings. The third-order valence-corrected chi connectivity index (χ3v) is 4.62. The number of aromatic nitrogens is 2. The Morgan fingerprint density at radius 2 is 2.04 bits per heavy atom. The van der Waals surface area contributed by atoms with Crippen LogP contribution in [-0.4, -0.2) is 28.4 Å². The number of amides is 1. The molecule has 130 valence electrons. The molecule has 3 aromatic rings. The Kier molecular flexibility index (Phi) is 5.55. The second kappa shape index (κ2) is 8.02. The normalized spacial score (nSPS) is 10.8. The van der Waals surface area contributed by atoms with E-state index in [4.69, 9.17) is 8.83 Å². The van der Waals surface area contributed by atoms with Gasteiger partial charge in [0.25, 0.3) is 11.1 Å². The third kappa shape index (κ3) is 4.51. The second-order valence-electron chi connectivity index (χ2n) is 5.58. The topological polar surface area (TPSA) is 81.2 Å². The first kappa shape index (κ1) is 17.3. The third-order valence-electron chi connectivity index (χ3n) is 3.80. The lowest BCUT2D eigenvalue weighted by Crippen LogP contribution is -2.27. The van der Waals surface area contributed by atoms with Crippen LogP contribution in [-0.2, 0) is 11.2 Å². The van der Waals surface area contributed by atoms with Crippen molar-refractivity contribution < 1.29 is 13.6 Å². The zero-order valence-electron chi connectivity index (χ0n) is 14.1. The molecule has 7 heteroatoms. The van der Waals surface area contributed by atoms with Crippen LogP contribution in [0.25, 0.3) is 11.5 Å². The summed E-state index contributed by atoms with van der Waals surface area (Å²) >= 11 is 1.22. The molecule has 1 N–H and O–H groups in total. The van der Waals surface area contributed by atoms with Crippen molar-refractivity contribution in [3.8, 4) is 11.5 Å². The summed E-state index contributed by atoms with van der Waals surface area (Å²) in [5.74, 6) is 1.29. The van der Waals surface area contributed by atoms with Crippen molar-refractivity contribution in [2.24, 2.45) is 0 Å². The standard InChI is InChI=1S/C18H19N3O3S/c1-12-5-3-4-6-14(12)7-9-19-16(22)11-25-18-21-20-17(24-18)15-8-10-23-13(15)2/h3-6,8,10H,7,9,11H2,1-2H3,(H,19,22). The van der Waals surface area contributed by atoms with E-state index in [1.54, 1.807) is 12.3 Å². The van der Waals surface area contributed by atoms with Gasteiger partial charge in [0, 0.05) is 6.54 Å². The average Bonchev–Trinajstić information content (AvgIpc) is 3.23. The van der Waals surface area contributed by atoms with Gasteiger partial charge in [0.1, 0.15) is 5.76 Å². The molecule has 1 aromatic carbocycles. The van der Waals surface area contributed by atoms with E-state index < -0.39 is 0 Å². The molecule has 0 aliphatic heterocycles. The summed E-state index contributed by atoms with van der Waals surface area (Å²) in [5, 5.41) is 11.2. The number of carbonyl (C=O) groups excluding carboxylic acids is 1. The second-order valence-corrected chi connectivity index (χ2v) is 6.51. The molecule has 0 radical (unpaired) electrons. The van der Waals surface area contributed by atoms with Crippen LogP contribution in [0.5, 0.6) is 0 Å². The Hall–Kier alpha value is -2.54. The summed E-state index contributed by atoms with van der Waals surface area (Å²) in [5.41, 5.74) is 3.24. The Morgan fingerprint density at radius 3 is 2.80 bits per heavy atom. The molecule has 0 aliphatic carbocycles. The fraction of sp³-hybridized carbons (Fsp3) is 0.278. The van der Waals surface area contributed by atoms with E-state index in [9.17, 15) is 4.79 Å². The van der Waals surface area contributed by atoms with Gasteiger partial charge >= 0.3 is 0 Å². The zero-order chi connectivity index (χ0) is 17.6. The molecule has 25 heavy (non-hydrogen) atoms. The highest BCUT2D eigenvalue weighted by atomic mass is 32.2. The van der Waals surface area contributed by atoms with E-state index in [1.807, 2.05) is 19.1 Å². The molecule has 0 bridgehead atoms. The molecule has 3 rings (SSSR count). The van der Waals surface area contributed by atoms with Crippen LogP contribution in [0, 0.1) is 13.8 Å². The van der Waals surface area contributed by atoms with Crippen molar-refractivity contribution in [1.29, 1.82) is 0 Å². The lowest BCUT2D eigenvalue weighted by molar-refractivity contribution is -0.118. The molecule has 0 spiro atoms. The molecule has 0 saturated carbocycles. The highest BCUT2D eigenvalue weighted by molar-refractivity contribution is 7.99. The van der Waals surface area contributed by atoms with E-state index in [0.29, 0.717) is 23.4 Å². The maximum Gasteiger partial charge on any atom is 0.277 e. The fourth-order valence-corrected chi connectivity index (χ4v) is 2.98. The van der Waals surface area contributed by atoms with Crippen molar-refractivity contribution in [3.05, 3.63) is 53.5 Å². The van der Waals surface area contributed by atoms with Crippen molar-refractivity contribution in [1.82, 2.24) is 15.5 Å². The number of nitrogens with zero attached hydrogens (tertiary/aromatic N) is 2. The molecule has 0 aliphatic rings. The van der Waals surface area contributed by atoms with Crippen molar-refractivity contribution in [3.63, 3.8) is 0 Å². The van der Waals surface area contributed by atoms with Gasteiger partial charge in [-0.1, -0.05) is 36.0 Å². The monoisotopic (exact) mass is 357 g/mol. The summed E-state index contributed by atoms with van der Waals surface area (Å²) < 4.78 is 10.8. The lowest BCUT2D eigenvalue weighted by atomic mass is 10.1. The molecule has 0 unspecified atom stereocenters. The Balaban J connectivity index is 1.44. The predicted molar refractivity (Wildman–Crippen MR) is 95.4 cm³/mol. The first-order valence-corrected chi connectivity index (χ1v) is 8.94. The van der Waals surface area contributed by atoms with Crippen molar-refractivity contribution in [2.45, 2.75) is 25.5 Å². The summed E-state index contributed by atoms with van der Waals surface area (Å²) in [6, 6.07) is 9.94. The van der Waals surface area contributed by atoms with Gasteiger partial charge in [0.15, 0.2) is 0 Å². The van der Waals surface area contributed by atoms with Crippen LogP contribution in [0.2, 0.25) is 0 Å². The molecule has 2 aromatic heterocycles. The van der Waals surface area contributed by atoms with E-state index in [0.717, 1.165) is 12.0 Å². The lowest BCUT2D eigenvalue weighted by Gasteiger charge is -2.06. The summed E-state index contributed by atoms with van der Waals surface area (Å²) in [4.78, 5) is 11.9. The summed E-state index contributed by atoms with van der Waals surface area (Å²) in [6.45, 7) is 4.50. The number of rotatable bonds is 7. The van der Waals surface area contributed by atoms with E-state index in [2.05, 4.69) is 34.6 Å². The van der Waals surface area contributed by atoms with Crippen LogP contribution >= 0.6 is 11.8 Å². The summed E-state index contributed by atoms with van der Waals surface area (Å²) in [6.07, 6.45) is 2.39. The number of furan rings is 1. The van der Waals surface area contributed by atoms with Gasteiger partial charge in [-0.05, 0) is 37.5 Å². The van der Waals surface area contributed by atoms with Gasteiger partial charge in [0.05, 0.1) is 17.6 Å². The van der Waals surface area contributed by atoms with Crippen LogP contribution in [0.3, 0.4) is 0 Å². The van der Waals surface area contributed by atoms with Crippen LogP contribution < -0.4 is 5.32 Å². The van der Waals surface area contributed by atoms with Gasteiger partial charge < -0.3 is 14.2 Å². The minimum atomic E-state index is -0.0576. The number of hydrogen-bond acceptors (Lipinski definition) is 6. The highest BCUT2D eigenvalue weighted by Crippen LogP contribution is 2.26. The Labute approximate surface area is 150 Å². The van der Waals surface area contributed by atoms with E-state index in [1.165, 1.54) is 22.9 Å². The van der Waals surface area contributed by atoms with Gasteiger partial charge in [-0.15, -0.1) is 10.2 Å². The molecule has 1 amide bonds. The minimum absolute atomic E-state index is 0.0576.